The van der Waals surface area contributed by atoms with Crippen molar-refractivity contribution in [2.75, 3.05) is 34.2 Å². The van der Waals surface area contributed by atoms with Crippen LogP contribution in [0.4, 0.5) is 4.39 Å². The molecule has 0 saturated heterocycles. The average Bonchev–Trinajstić information content (AvgIpc) is 3.33. The van der Waals surface area contributed by atoms with Crippen LogP contribution in [-0.2, 0) is 4.79 Å². The summed E-state index contributed by atoms with van der Waals surface area (Å²) in [5.41, 5.74) is 11.3. The van der Waals surface area contributed by atoms with Gasteiger partial charge in [0.05, 0.1) is 0 Å². The third kappa shape index (κ3) is 8.03. The number of nitrogens with zero attached hydrogens (tertiary/aromatic N) is 3. The maximum absolute atomic E-state index is 14.0. The van der Waals surface area contributed by atoms with Crippen molar-refractivity contribution in [1.82, 2.24) is 20.2 Å². The number of carbonyl (C=O) groups excluding carboxylic acids is 2. The van der Waals surface area contributed by atoms with E-state index in [-0.39, 0.29) is 17.5 Å². The number of likely N-dealkylation sites (N-methyl/N-ethyl adjacent to an activating group) is 1. The summed E-state index contributed by atoms with van der Waals surface area (Å²) in [7, 11) is 5.65. The molecule has 2 aromatic carbocycles. The van der Waals surface area contributed by atoms with Gasteiger partial charge < -0.3 is 30.7 Å². The van der Waals surface area contributed by atoms with Gasteiger partial charge in [0.25, 0.3) is 0 Å². The number of hydrogen-bond donors (Lipinski definition) is 3. The lowest BCUT2D eigenvalue weighted by atomic mass is 9.92. The van der Waals surface area contributed by atoms with Gasteiger partial charge in [0.2, 0.25) is 6.41 Å². The number of hydrazone groups is 1. The van der Waals surface area contributed by atoms with E-state index in [0.29, 0.717) is 35.6 Å². The second-order valence-corrected chi connectivity index (χ2v) is 9.47. The van der Waals surface area contributed by atoms with Gasteiger partial charge in [-0.05, 0) is 75.3 Å². The molecular weight excluding hydrogens is 511 g/mol. The molecule has 4 N–H and O–H groups in total. The van der Waals surface area contributed by atoms with Crippen LogP contribution in [0.2, 0.25) is 0 Å². The van der Waals surface area contributed by atoms with Crippen LogP contribution in [0.3, 0.4) is 0 Å². The van der Waals surface area contributed by atoms with Crippen LogP contribution < -0.4 is 21.2 Å². The molecule has 0 aliphatic heterocycles. The van der Waals surface area contributed by atoms with Crippen molar-refractivity contribution in [3.8, 4) is 17.2 Å². The van der Waals surface area contributed by atoms with Gasteiger partial charge in [0, 0.05) is 43.5 Å². The molecule has 40 heavy (non-hydrogen) atoms. The van der Waals surface area contributed by atoms with E-state index in [2.05, 4.69) is 32.9 Å². The number of rotatable bonds is 16. The molecule has 0 bridgehead atoms. The average molecular weight is 549 g/mol. The first-order valence-corrected chi connectivity index (χ1v) is 13.1. The van der Waals surface area contributed by atoms with Crippen LogP contribution in [0.25, 0.3) is 5.69 Å². The fraction of sp³-hybridized carbons (Fsp3) is 0.300. The normalized spacial score (nSPS) is 12.5. The molecule has 212 valence electrons. The molecule has 10 heteroatoms. The number of nitrogens with one attached hydrogen (secondary N) is 2. The molecule has 1 atom stereocenters. The van der Waals surface area contributed by atoms with Crippen molar-refractivity contribution in [3.05, 3.63) is 89.5 Å². The Morgan fingerprint density at radius 1 is 1.15 bits per heavy atom. The fourth-order valence-corrected chi connectivity index (χ4v) is 4.40. The maximum atomic E-state index is 14.0. The number of hydrogen-bond acceptors (Lipinski definition) is 6. The first-order chi connectivity index (χ1) is 19.4. The van der Waals surface area contributed by atoms with Gasteiger partial charge in [-0.1, -0.05) is 24.3 Å². The van der Waals surface area contributed by atoms with Gasteiger partial charge in [0.15, 0.2) is 23.7 Å². The van der Waals surface area contributed by atoms with Crippen molar-refractivity contribution in [3.63, 3.8) is 0 Å². The number of amides is 1. The molecule has 1 aromatic heterocycles. The zero-order valence-corrected chi connectivity index (χ0v) is 23.1. The van der Waals surface area contributed by atoms with Gasteiger partial charge in [-0.15, -0.1) is 0 Å². The van der Waals surface area contributed by atoms with Crippen molar-refractivity contribution >= 4 is 18.5 Å². The maximum Gasteiger partial charge on any atom is 0.207 e. The zero-order valence-electron chi connectivity index (χ0n) is 23.1. The molecular formula is C30H37FN6O3. The predicted octanol–water partition coefficient (Wildman–Crippen LogP) is 4.18. The topological polar surface area (TPSA) is 114 Å². The van der Waals surface area contributed by atoms with E-state index in [1.807, 2.05) is 20.3 Å². The summed E-state index contributed by atoms with van der Waals surface area (Å²) >= 11 is 0. The lowest BCUT2D eigenvalue weighted by Crippen LogP contribution is -2.23. The number of ether oxygens (including phenoxy) is 1. The van der Waals surface area contributed by atoms with Crippen LogP contribution in [0.5, 0.6) is 11.5 Å². The minimum absolute atomic E-state index is 0.120. The number of nitrogens with two attached hydrogens (primary N) is 1. The van der Waals surface area contributed by atoms with Crippen molar-refractivity contribution in [1.29, 1.82) is 0 Å². The summed E-state index contributed by atoms with van der Waals surface area (Å²) in [6.45, 7) is 1.24. The van der Waals surface area contributed by atoms with Crippen molar-refractivity contribution < 1.29 is 18.7 Å². The summed E-state index contributed by atoms with van der Waals surface area (Å²) in [5.74, 6) is 0.120. The highest BCUT2D eigenvalue weighted by Crippen LogP contribution is 2.31. The van der Waals surface area contributed by atoms with Gasteiger partial charge in [-0.25, -0.2) is 4.39 Å². The van der Waals surface area contributed by atoms with Crippen LogP contribution in [0, 0.1) is 5.82 Å². The molecule has 1 heterocycles. The summed E-state index contributed by atoms with van der Waals surface area (Å²) in [6.07, 6.45) is 10.1. The SMILES string of the molecule is CN/N=C(/N)c1c(C=O)c(C(CCC/C=C/CN(C)C)CNC=O)cn1-c1ccc(Oc2ccccc2F)cc1. The Kier molecular flexibility index (Phi) is 11.5. The standard InChI is InChI=1S/C30H37FN6O3/c1-33-35-30(32)29-26(20-38)25(22(18-34-21-39)10-6-4-5-9-17-36(2)3)19-37(29)23-13-15-24(16-14-23)40-28-12-8-7-11-27(28)31/h5,7-9,11-16,19-22,33H,4,6,10,17-18H2,1-3H3,(H2,32,35)(H,34,39)/b9-5+. The number of aldehydes is 1. The third-order valence-electron chi connectivity index (χ3n) is 6.30. The highest BCUT2D eigenvalue weighted by atomic mass is 19.1. The van der Waals surface area contributed by atoms with E-state index in [1.165, 1.54) is 6.07 Å². The smallest absolute Gasteiger partial charge is 0.207 e. The van der Waals surface area contributed by atoms with E-state index in [9.17, 15) is 14.0 Å². The van der Waals surface area contributed by atoms with Gasteiger partial charge in [-0.3, -0.25) is 9.59 Å². The van der Waals surface area contributed by atoms with Crippen LogP contribution in [0.15, 0.2) is 72.0 Å². The molecule has 0 aliphatic carbocycles. The lowest BCUT2D eigenvalue weighted by Gasteiger charge is -2.16. The van der Waals surface area contributed by atoms with Gasteiger partial charge >= 0.3 is 0 Å². The van der Waals surface area contributed by atoms with Crippen LogP contribution in [0.1, 0.15) is 46.8 Å². The number of allylic oxidation sites excluding steroid dienone is 1. The molecule has 1 unspecified atom stereocenters. The van der Waals surface area contributed by atoms with Crippen molar-refractivity contribution in [2.24, 2.45) is 10.8 Å². The Morgan fingerprint density at radius 2 is 1.90 bits per heavy atom. The largest absolute Gasteiger partial charge is 0.454 e. The van der Waals surface area contributed by atoms with E-state index in [1.54, 1.807) is 54.1 Å². The second-order valence-electron chi connectivity index (χ2n) is 9.47. The number of carbonyl (C=O) groups is 2. The Labute approximate surface area is 234 Å². The lowest BCUT2D eigenvalue weighted by molar-refractivity contribution is -0.109. The molecule has 0 saturated carbocycles. The summed E-state index contributed by atoms with van der Waals surface area (Å²) in [4.78, 5) is 25.7. The molecule has 0 spiro atoms. The van der Waals surface area contributed by atoms with E-state index >= 15 is 0 Å². The van der Waals surface area contributed by atoms with E-state index in [4.69, 9.17) is 10.5 Å². The van der Waals surface area contributed by atoms with E-state index in [0.717, 1.165) is 37.7 Å². The third-order valence-corrected chi connectivity index (χ3v) is 6.30. The molecule has 9 nitrogen and oxygen atoms in total. The molecule has 0 radical (unpaired) electrons. The summed E-state index contributed by atoms with van der Waals surface area (Å²) < 4.78 is 21.5. The molecule has 1 amide bonds. The summed E-state index contributed by atoms with van der Waals surface area (Å²) in [5, 5.41) is 6.90. The molecule has 0 fully saturated rings. The quantitative estimate of drug-likeness (QED) is 0.0618. The van der Waals surface area contributed by atoms with Crippen molar-refractivity contribution in [2.45, 2.75) is 25.2 Å². The first kappa shape index (κ1) is 30.1. The number of aromatic nitrogens is 1. The van der Waals surface area contributed by atoms with E-state index < -0.39 is 5.82 Å². The Balaban J connectivity index is 1.96. The highest BCUT2D eigenvalue weighted by molar-refractivity contribution is 6.04. The Hall–Kier alpha value is -4.44. The number of benzene rings is 2. The predicted molar refractivity (Wildman–Crippen MR) is 156 cm³/mol. The zero-order chi connectivity index (χ0) is 28.9. The minimum Gasteiger partial charge on any atom is -0.454 e. The highest BCUT2D eigenvalue weighted by Gasteiger charge is 2.25. The number of para-hydroxylation sites is 1. The number of amidine groups is 1. The Morgan fingerprint density at radius 3 is 2.55 bits per heavy atom. The first-order valence-electron chi connectivity index (χ1n) is 13.1. The van der Waals surface area contributed by atoms with Gasteiger partial charge in [-0.2, -0.15) is 5.10 Å². The monoisotopic (exact) mass is 548 g/mol. The number of halogens is 1. The molecule has 3 rings (SSSR count). The molecule has 0 aliphatic rings. The van der Waals surface area contributed by atoms with Gasteiger partial charge in [0.1, 0.15) is 11.4 Å². The summed E-state index contributed by atoms with van der Waals surface area (Å²) in [6, 6.07) is 13.2. The fourth-order valence-electron chi connectivity index (χ4n) is 4.40. The second kappa shape index (κ2) is 15.2. The number of unbranched alkanes of at least 4 members (excludes halogenated alkanes) is 1. The Bertz CT molecular complexity index is 1320. The van der Waals surface area contributed by atoms with Crippen LogP contribution in [-0.4, -0.2) is 62.2 Å². The van der Waals surface area contributed by atoms with Crippen LogP contribution >= 0.6 is 0 Å². The minimum atomic E-state index is -0.459. The molecule has 3 aromatic rings.